The second kappa shape index (κ2) is 7.43. The van der Waals surface area contributed by atoms with E-state index in [4.69, 9.17) is 0 Å². The molecule has 1 aliphatic rings. The summed E-state index contributed by atoms with van der Waals surface area (Å²) in [5, 5.41) is 0. The van der Waals surface area contributed by atoms with Crippen LogP contribution < -0.4 is 4.90 Å². The molecule has 0 radical (unpaired) electrons. The Morgan fingerprint density at radius 1 is 0.917 bits per heavy atom. The number of halogens is 2. The van der Waals surface area contributed by atoms with E-state index in [1.807, 2.05) is 15.9 Å². The molecule has 3 nitrogen and oxygen atoms in total. The van der Waals surface area contributed by atoms with Gasteiger partial charge in [0.05, 0.1) is 5.69 Å². The van der Waals surface area contributed by atoms with Crippen LogP contribution in [0.25, 0.3) is 0 Å². The summed E-state index contributed by atoms with van der Waals surface area (Å²) in [5.74, 6) is -0.407. The zero-order valence-corrected chi connectivity index (χ0v) is 13.4. The van der Waals surface area contributed by atoms with E-state index in [0.29, 0.717) is 44.7 Å². The molecule has 0 aromatic heterocycles. The monoisotopic (exact) mass is 330 g/mol. The summed E-state index contributed by atoms with van der Waals surface area (Å²) in [4.78, 5) is 16.1. The van der Waals surface area contributed by atoms with Crippen molar-refractivity contribution in [2.24, 2.45) is 0 Å². The standard InChI is InChI=1S/C19H20F2N2O/c20-16-8-5-15(6-9-16)7-10-19(24)23-13-11-22(12-14-23)18-4-2-1-3-17(18)21/h1-6,8-9H,7,10-14H2. The van der Waals surface area contributed by atoms with Crippen LogP contribution in [0.5, 0.6) is 0 Å². The van der Waals surface area contributed by atoms with Crippen molar-refractivity contribution < 1.29 is 13.6 Å². The zero-order chi connectivity index (χ0) is 16.9. The van der Waals surface area contributed by atoms with Crippen LogP contribution in [0, 0.1) is 11.6 Å². The van der Waals surface area contributed by atoms with Crippen LogP contribution in [0.1, 0.15) is 12.0 Å². The minimum absolute atomic E-state index is 0.0903. The first-order valence-electron chi connectivity index (χ1n) is 8.15. The van der Waals surface area contributed by atoms with Gasteiger partial charge in [-0.3, -0.25) is 4.79 Å². The Bertz CT molecular complexity index is 695. The van der Waals surface area contributed by atoms with Crippen molar-refractivity contribution >= 4 is 11.6 Å². The van der Waals surface area contributed by atoms with E-state index in [9.17, 15) is 13.6 Å². The van der Waals surface area contributed by atoms with E-state index in [1.165, 1.54) is 18.2 Å². The summed E-state index contributed by atoms with van der Waals surface area (Å²) < 4.78 is 26.7. The largest absolute Gasteiger partial charge is 0.366 e. The summed E-state index contributed by atoms with van der Waals surface area (Å²) in [6, 6.07) is 12.9. The number of para-hydroxylation sites is 1. The average Bonchev–Trinajstić information content (AvgIpc) is 2.61. The Hall–Kier alpha value is -2.43. The van der Waals surface area contributed by atoms with Gasteiger partial charge >= 0.3 is 0 Å². The molecular formula is C19H20F2N2O. The summed E-state index contributed by atoms with van der Waals surface area (Å²) in [7, 11) is 0. The van der Waals surface area contributed by atoms with Crippen molar-refractivity contribution in [2.75, 3.05) is 31.1 Å². The van der Waals surface area contributed by atoms with Gasteiger partial charge in [-0.2, -0.15) is 0 Å². The number of hydrogen-bond donors (Lipinski definition) is 0. The summed E-state index contributed by atoms with van der Waals surface area (Å²) >= 11 is 0. The fourth-order valence-electron chi connectivity index (χ4n) is 2.97. The fourth-order valence-corrected chi connectivity index (χ4v) is 2.97. The lowest BCUT2D eigenvalue weighted by atomic mass is 10.1. The molecule has 5 heteroatoms. The van der Waals surface area contributed by atoms with E-state index < -0.39 is 0 Å². The van der Waals surface area contributed by atoms with Crippen molar-refractivity contribution in [3.8, 4) is 0 Å². The predicted octanol–water partition coefficient (Wildman–Crippen LogP) is 3.25. The molecule has 2 aromatic carbocycles. The molecule has 2 aromatic rings. The molecule has 1 fully saturated rings. The Morgan fingerprint density at radius 3 is 2.25 bits per heavy atom. The van der Waals surface area contributed by atoms with Crippen molar-refractivity contribution in [2.45, 2.75) is 12.8 Å². The third-order valence-electron chi connectivity index (χ3n) is 4.37. The third-order valence-corrected chi connectivity index (χ3v) is 4.37. The number of carbonyl (C=O) groups is 1. The Morgan fingerprint density at radius 2 is 1.58 bits per heavy atom. The Kier molecular flexibility index (Phi) is 5.08. The van der Waals surface area contributed by atoms with Crippen LogP contribution >= 0.6 is 0 Å². The van der Waals surface area contributed by atoms with Crippen molar-refractivity contribution in [1.29, 1.82) is 0 Å². The number of amides is 1. The lowest BCUT2D eigenvalue weighted by molar-refractivity contribution is -0.131. The van der Waals surface area contributed by atoms with Gasteiger partial charge in [-0.25, -0.2) is 8.78 Å². The Balaban J connectivity index is 1.50. The molecule has 0 atom stereocenters. The van der Waals surface area contributed by atoms with Crippen LogP contribution in [-0.4, -0.2) is 37.0 Å². The zero-order valence-electron chi connectivity index (χ0n) is 13.4. The first-order chi connectivity index (χ1) is 11.6. The number of benzene rings is 2. The molecule has 0 spiro atoms. The number of carbonyl (C=O) groups excluding carboxylic acids is 1. The van der Waals surface area contributed by atoms with Crippen LogP contribution in [0.3, 0.4) is 0 Å². The first-order valence-corrected chi connectivity index (χ1v) is 8.15. The fraction of sp³-hybridized carbons (Fsp3) is 0.316. The smallest absolute Gasteiger partial charge is 0.223 e. The van der Waals surface area contributed by atoms with Crippen LogP contribution in [0.15, 0.2) is 48.5 Å². The quantitative estimate of drug-likeness (QED) is 0.859. The second-order valence-electron chi connectivity index (χ2n) is 5.95. The lowest BCUT2D eigenvalue weighted by Crippen LogP contribution is -2.49. The topological polar surface area (TPSA) is 23.6 Å². The molecule has 1 heterocycles. The highest BCUT2D eigenvalue weighted by molar-refractivity contribution is 5.76. The number of piperazine rings is 1. The number of anilines is 1. The molecule has 24 heavy (non-hydrogen) atoms. The highest BCUT2D eigenvalue weighted by Crippen LogP contribution is 2.20. The SMILES string of the molecule is O=C(CCc1ccc(F)cc1)N1CCN(c2ccccc2F)CC1. The van der Waals surface area contributed by atoms with E-state index in [-0.39, 0.29) is 17.5 Å². The number of aryl methyl sites for hydroxylation is 1. The van der Waals surface area contributed by atoms with Crippen molar-refractivity contribution in [3.05, 3.63) is 65.7 Å². The van der Waals surface area contributed by atoms with Gasteiger partial charge in [0.2, 0.25) is 5.91 Å². The number of nitrogens with zero attached hydrogens (tertiary/aromatic N) is 2. The van der Waals surface area contributed by atoms with Gasteiger partial charge in [0.1, 0.15) is 11.6 Å². The summed E-state index contributed by atoms with van der Waals surface area (Å²) in [6.45, 7) is 2.44. The molecule has 0 N–H and O–H groups in total. The third kappa shape index (κ3) is 3.91. The minimum Gasteiger partial charge on any atom is -0.366 e. The van der Waals surface area contributed by atoms with Gasteiger partial charge < -0.3 is 9.80 Å². The molecule has 3 rings (SSSR count). The molecule has 126 valence electrons. The predicted molar refractivity (Wildman–Crippen MR) is 89.9 cm³/mol. The van der Waals surface area contributed by atoms with Gasteiger partial charge in [-0.1, -0.05) is 24.3 Å². The van der Waals surface area contributed by atoms with Gasteiger partial charge in [0.15, 0.2) is 0 Å². The first kappa shape index (κ1) is 16.4. The van der Waals surface area contributed by atoms with E-state index in [2.05, 4.69) is 0 Å². The summed E-state index contributed by atoms with van der Waals surface area (Å²) in [6.07, 6.45) is 1.01. The maximum Gasteiger partial charge on any atom is 0.223 e. The van der Waals surface area contributed by atoms with E-state index >= 15 is 0 Å². The highest BCUT2D eigenvalue weighted by Gasteiger charge is 2.22. The van der Waals surface area contributed by atoms with Gasteiger partial charge in [0.25, 0.3) is 0 Å². The number of rotatable bonds is 4. The minimum atomic E-state index is -0.269. The maximum absolute atomic E-state index is 13.8. The van der Waals surface area contributed by atoms with Crippen molar-refractivity contribution in [1.82, 2.24) is 4.90 Å². The van der Waals surface area contributed by atoms with Gasteiger partial charge in [-0.15, -0.1) is 0 Å². The maximum atomic E-state index is 13.8. The Labute approximate surface area is 140 Å². The molecule has 0 saturated carbocycles. The normalized spacial score (nSPS) is 14.8. The van der Waals surface area contributed by atoms with E-state index in [1.54, 1.807) is 24.3 Å². The molecule has 1 amide bonds. The highest BCUT2D eigenvalue weighted by atomic mass is 19.1. The number of hydrogen-bond acceptors (Lipinski definition) is 2. The molecule has 1 aliphatic heterocycles. The van der Waals surface area contributed by atoms with Crippen LogP contribution in [0.2, 0.25) is 0 Å². The average molecular weight is 330 g/mol. The molecule has 0 aliphatic carbocycles. The molecule has 0 unspecified atom stereocenters. The second-order valence-corrected chi connectivity index (χ2v) is 5.95. The molecular weight excluding hydrogens is 310 g/mol. The molecule has 0 bridgehead atoms. The van der Waals surface area contributed by atoms with Crippen molar-refractivity contribution in [3.63, 3.8) is 0 Å². The summed E-state index contributed by atoms with van der Waals surface area (Å²) in [5.41, 5.74) is 1.55. The lowest BCUT2D eigenvalue weighted by Gasteiger charge is -2.36. The van der Waals surface area contributed by atoms with Gasteiger partial charge in [0, 0.05) is 32.6 Å². The van der Waals surface area contributed by atoms with Gasteiger partial charge in [-0.05, 0) is 36.2 Å². The molecule has 1 saturated heterocycles. The van der Waals surface area contributed by atoms with Crippen LogP contribution in [-0.2, 0) is 11.2 Å². The van der Waals surface area contributed by atoms with E-state index in [0.717, 1.165) is 5.56 Å². The van der Waals surface area contributed by atoms with Crippen LogP contribution in [0.4, 0.5) is 14.5 Å².